The summed E-state index contributed by atoms with van der Waals surface area (Å²) in [5.74, 6) is -0.505. The summed E-state index contributed by atoms with van der Waals surface area (Å²) in [5.41, 5.74) is 3.93. The molecular weight excluding hydrogens is 290 g/mol. The molecule has 1 N–H and O–H groups in total. The lowest BCUT2D eigenvalue weighted by molar-refractivity contribution is 0.0695. The maximum absolute atomic E-state index is 11.6. The monoisotopic (exact) mass is 307 g/mol. The number of aromatic nitrogens is 1. The van der Waals surface area contributed by atoms with Gasteiger partial charge in [0.25, 0.3) is 0 Å². The molecule has 0 radical (unpaired) electrons. The average molecular weight is 307 g/mol. The number of hydrogen-bond donors (Lipinski definition) is 1. The molecule has 1 fully saturated rings. The predicted octanol–water partition coefficient (Wildman–Crippen LogP) is 4.85. The molecule has 4 heteroatoms. The van der Waals surface area contributed by atoms with E-state index in [1.807, 2.05) is 24.3 Å². The third-order valence-corrected chi connectivity index (χ3v) is 4.74. The molecule has 1 saturated carbocycles. The lowest BCUT2D eigenvalue weighted by Gasteiger charge is -2.14. The van der Waals surface area contributed by atoms with E-state index in [2.05, 4.69) is 4.98 Å². The van der Waals surface area contributed by atoms with Crippen LogP contribution in [0.5, 0.6) is 0 Å². The first-order valence-corrected chi connectivity index (χ1v) is 7.94. The number of benzene rings is 1. The van der Waals surface area contributed by atoms with Gasteiger partial charge in [0, 0.05) is 17.1 Å². The first-order valence-electron chi connectivity index (χ1n) is 7.94. The molecule has 116 valence electrons. The maximum Gasteiger partial charge on any atom is 0.335 e. The molecule has 1 aliphatic carbocycles. The summed E-state index contributed by atoms with van der Waals surface area (Å²) in [6, 6.07) is 9.46. The summed E-state index contributed by atoms with van der Waals surface area (Å²) >= 11 is 0. The zero-order valence-electron chi connectivity index (χ0n) is 12.7. The van der Waals surface area contributed by atoms with Crippen molar-refractivity contribution in [3.05, 3.63) is 53.9 Å². The molecule has 23 heavy (non-hydrogen) atoms. The van der Waals surface area contributed by atoms with Gasteiger partial charge < -0.3 is 9.52 Å². The minimum Gasteiger partial charge on any atom is -0.478 e. The fourth-order valence-corrected chi connectivity index (χ4v) is 3.59. The number of rotatable bonds is 3. The second kappa shape index (κ2) is 5.54. The van der Waals surface area contributed by atoms with Crippen molar-refractivity contribution in [3.8, 4) is 11.1 Å². The van der Waals surface area contributed by atoms with Gasteiger partial charge in [-0.3, -0.25) is 0 Å². The van der Waals surface area contributed by atoms with E-state index in [9.17, 15) is 9.90 Å². The molecule has 1 aliphatic rings. The van der Waals surface area contributed by atoms with E-state index in [4.69, 9.17) is 4.42 Å². The lowest BCUT2D eigenvalue weighted by atomic mass is 9.89. The molecule has 0 saturated heterocycles. The molecule has 0 aliphatic heterocycles. The molecule has 2 heterocycles. The van der Waals surface area contributed by atoms with Crippen molar-refractivity contribution in [2.45, 2.75) is 31.6 Å². The summed E-state index contributed by atoms with van der Waals surface area (Å²) in [4.78, 5) is 15.8. The van der Waals surface area contributed by atoms with Crippen molar-refractivity contribution in [2.75, 3.05) is 0 Å². The highest BCUT2D eigenvalue weighted by molar-refractivity contribution is 5.94. The van der Waals surface area contributed by atoms with E-state index in [1.165, 1.54) is 12.8 Å². The molecule has 1 aromatic carbocycles. The van der Waals surface area contributed by atoms with Crippen LogP contribution in [-0.4, -0.2) is 16.1 Å². The van der Waals surface area contributed by atoms with Gasteiger partial charge in [-0.05, 0) is 54.2 Å². The van der Waals surface area contributed by atoms with Gasteiger partial charge in [-0.25, -0.2) is 9.78 Å². The smallest absolute Gasteiger partial charge is 0.335 e. The highest BCUT2D eigenvalue weighted by Crippen LogP contribution is 2.39. The first-order chi connectivity index (χ1) is 11.2. The van der Waals surface area contributed by atoms with Gasteiger partial charge in [0.1, 0.15) is 6.26 Å². The van der Waals surface area contributed by atoms with E-state index in [0.717, 1.165) is 34.9 Å². The minimum absolute atomic E-state index is 0.345. The van der Waals surface area contributed by atoms with Crippen molar-refractivity contribution >= 4 is 17.1 Å². The summed E-state index contributed by atoms with van der Waals surface area (Å²) < 4.78 is 5.52. The van der Waals surface area contributed by atoms with Crippen molar-refractivity contribution in [3.63, 3.8) is 0 Å². The van der Waals surface area contributed by atoms with Gasteiger partial charge in [0.05, 0.1) is 5.56 Å². The number of carbonyl (C=O) groups is 1. The summed E-state index contributed by atoms with van der Waals surface area (Å²) in [6.45, 7) is 0. The second-order valence-corrected chi connectivity index (χ2v) is 6.09. The number of fused-ring (bicyclic) bond motifs is 1. The molecule has 0 bridgehead atoms. The fraction of sp³-hybridized carbons (Fsp3) is 0.263. The summed E-state index contributed by atoms with van der Waals surface area (Å²) in [7, 11) is 0. The van der Waals surface area contributed by atoms with Crippen molar-refractivity contribution in [2.24, 2.45) is 0 Å². The van der Waals surface area contributed by atoms with Gasteiger partial charge in [0.15, 0.2) is 0 Å². The van der Waals surface area contributed by atoms with Gasteiger partial charge in [-0.15, -0.1) is 0 Å². The van der Waals surface area contributed by atoms with Gasteiger partial charge in [-0.2, -0.15) is 0 Å². The topological polar surface area (TPSA) is 63.3 Å². The number of furan rings is 1. The number of hydrogen-bond acceptors (Lipinski definition) is 3. The quantitative estimate of drug-likeness (QED) is 0.751. The molecule has 0 atom stereocenters. The van der Waals surface area contributed by atoms with Crippen molar-refractivity contribution in [1.82, 2.24) is 4.98 Å². The maximum atomic E-state index is 11.6. The Hall–Kier alpha value is -2.62. The number of pyridine rings is 1. The highest BCUT2D eigenvalue weighted by atomic mass is 16.4. The van der Waals surface area contributed by atoms with Crippen LogP contribution in [0.2, 0.25) is 0 Å². The third kappa shape index (κ3) is 2.40. The van der Waals surface area contributed by atoms with Crippen molar-refractivity contribution in [1.29, 1.82) is 0 Å². The van der Waals surface area contributed by atoms with E-state index in [-0.39, 0.29) is 0 Å². The van der Waals surface area contributed by atoms with Crippen LogP contribution in [0.15, 0.2) is 47.2 Å². The third-order valence-electron chi connectivity index (χ3n) is 4.74. The van der Waals surface area contributed by atoms with Crippen LogP contribution in [0.4, 0.5) is 0 Å². The van der Waals surface area contributed by atoms with E-state index < -0.39 is 5.97 Å². The number of carboxylic acids is 1. The van der Waals surface area contributed by atoms with Gasteiger partial charge in [-0.1, -0.05) is 18.9 Å². The first kappa shape index (κ1) is 14.0. The molecule has 3 aromatic rings. The zero-order chi connectivity index (χ0) is 15.8. The van der Waals surface area contributed by atoms with Crippen LogP contribution in [0.3, 0.4) is 0 Å². The molecule has 0 unspecified atom stereocenters. The fourth-order valence-electron chi connectivity index (χ4n) is 3.59. The largest absolute Gasteiger partial charge is 0.478 e. The Morgan fingerprint density at radius 2 is 2.04 bits per heavy atom. The van der Waals surface area contributed by atoms with E-state index in [0.29, 0.717) is 17.2 Å². The van der Waals surface area contributed by atoms with Gasteiger partial charge in [0.2, 0.25) is 5.71 Å². The summed E-state index contributed by atoms with van der Waals surface area (Å²) in [6.07, 6.45) is 7.88. The number of aromatic carboxylic acids is 1. The molecule has 4 rings (SSSR count). The van der Waals surface area contributed by atoms with Crippen LogP contribution in [-0.2, 0) is 0 Å². The van der Waals surface area contributed by atoms with E-state index in [1.54, 1.807) is 18.5 Å². The normalized spacial score (nSPS) is 15.3. The van der Waals surface area contributed by atoms with Crippen LogP contribution < -0.4 is 0 Å². The second-order valence-electron chi connectivity index (χ2n) is 6.09. The highest BCUT2D eigenvalue weighted by Gasteiger charge is 2.23. The Kier molecular flexibility index (Phi) is 3.37. The Labute approximate surface area is 133 Å². The minimum atomic E-state index is -0.850. The Balaban J connectivity index is 1.86. The molecule has 2 aromatic heterocycles. The predicted molar refractivity (Wildman–Crippen MR) is 87.6 cm³/mol. The van der Waals surface area contributed by atoms with Crippen molar-refractivity contribution < 1.29 is 14.3 Å². The Morgan fingerprint density at radius 3 is 2.83 bits per heavy atom. The molecular formula is C19H17NO3. The van der Waals surface area contributed by atoms with Crippen LogP contribution in [0.1, 0.15) is 47.5 Å². The average Bonchev–Trinajstić information content (AvgIpc) is 3.24. The van der Waals surface area contributed by atoms with Crippen LogP contribution in [0, 0.1) is 0 Å². The lowest BCUT2D eigenvalue weighted by Crippen LogP contribution is -2.05. The zero-order valence-corrected chi connectivity index (χ0v) is 12.7. The van der Waals surface area contributed by atoms with Crippen LogP contribution >= 0.6 is 0 Å². The number of carboxylic acid groups (broad SMARTS) is 1. The standard InChI is InChI=1S/C19H17NO3/c21-19(22)15-8-7-13(10-16(15)12-4-1-2-5-12)17-11-23-18-14(17)6-3-9-20-18/h3,6-12H,1-2,4-5H2,(H,21,22). The molecule has 0 spiro atoms. The number of nitrogens with zero attached hydrogens (tertiary/aromatic N) is 1. The Morgan fingerprint density at radius 1 is 1.22 bits per heavy atom. The van der Waals surface area contributed by atoms with Gasteiger partial charge >= 0.3 is 5.97 Å². The van der Waals surface area contributed by atoms with E-state index >= 15 is 0 Å². The molecule has 0 amide bonds. The molecule has 4 nitrogen and oxygen atoms in total. The summed E-state index contributed by atoms with van der Waals surface area (Å²) in [5, 5.41) is 10.4. The van der Waals surface area contributed by atoms with Crippen LogP contribution in [0.25, 0.3) is 22.2 Å². The SMILES string of the molecule is O=C(O)c1ccc(-c2coc3ncccc23)cc1C1CCCC1. The Bertz CT molecular complexity index is 875.